The highest BCUT2D eigenvalue weighted by Gasteiger charge is 2.40. The Kier molecular flexibility index (Phi) is 4.11. The van der Waals surface area contributed by atoms with E-state index in [0.29, 0.717) is 5.56 Å². The Morgan fingerprint density at radius 2 is 2.05 bits per heavy atom. The lowest BCUT2D eigenvalue weighted by Crippen LogP contribution is -2.44. The lowest BCUT2D eigenvalue weighted by Gasteiger charge is -2.24. The monoisotopic (exact) mass is 293 g/mol. The van der Waals surface area contributed by atoms with E-state index in [1.807, 2.05) is 0 Å². The van der Waals surface area contributed by atoms with Crippen molar-refractivity contribution in [3.63, 3.8) is 0 Å². The summed E-state index contributed by atoms with van der Waals surface area (Å²) >= 11 is 0. The molecule has 1 heterocycles. The molecule has 1 aromatic carbocycles. The van der Waals surface area contributed by atoms with Gasteiger partial charge in [-0.3, -0.25) is 9.59 Å². The van der Waals surface area contributed by atoms with E-state index < -0.39 is 29.8 Å². The van der Waals surface area contributed by atoms with Gasteiger partial charge in [0, 0.05) is 19.4 Å². The van der Waals surface area contributed by atoms with E-state index in [-0.39, 0.29) is 25.1 Å². The number of hydrogen-bond donors (Lipinski definition) is 3. The first kappa shape index (κ1) is 14.8. The molecule has 1 fully saturated rings. The van der Waals surface area contributed by atoms with Gasteiger partial charge in [-0.15, -0.1) is 0 Å². The molecule has 1 aliphatic rings. The number of phenols is 1. The number of carbonyl (C=O) groups is 3. The molecule has 0 aromatic heterocycles. The smallest absolute Gasteiger partial charge is 0.326 e. The van der Waals surface area contributed by atoms with Crippen LogP contribution in [-0.4, -0.2) is 50.7 Å². The van der Waals surface area contributed by atoms with Crippen molar-refractivity contribution in [2.24, 2.45) is 5.92 Å². The molecule has 1 saturated heterocycles. The zero-order valence-corrected chi connectivity index (χ0v) is 11.1. The van der Waals surface area contributed by atoms with E-state index in [0.717, 1.165) is 4.90 Å². The molecular formula is C14H15NO6. The largest absolute Gasteiger partial charge is 0.508 e. The van der Waals surface area contributed by atoms with Crippen LogP contribution in [0.5, 0.6) is 5.75 Å². The number of aromatic hydroxyl groups is 1. The number of aliphatic carboxylic acids is 2. The number of amides is 1. The van der Waals surface area contributed by atoms with Crippen molar-refractivity contribution in [3.05, 3.63) is 29.8 Å². The predicted molar refractivity (Wildman–Crippen MR) is 70.7 cm³/mol. The molecule has 1 unspecified atom stereocenters. The first-order chi connectivity index (χ1) is 9.88. The summed E-state index contributed by atoms with van der Waals surface area (Å²) < 4.78 is 0. The van der Waals surface area contributed by atoms with Crippen molar-refractivity contribution < 1.29 is 29.7 Å². The minimum absolute atomic E-state index is 0.00722. The van der Waals surface area contributed by atoms with Gasteiger partial charge >= 0.3 is 11.9 Å². The third-order valence-corrected chi connectivity index (χ3v) is 3.51. The van der Waals surface area contributed by atoms with Crippen molar-refractivity contribution in [1.82, 2.24) is 4.90 Å². The quantitative estimate of drug-likeness (QED) is 0.720. The second-order valence-corrected chi connectivity index (χ2v) is 5.01. The van der Waals surface area contributed by atoms with Gasteiger partial charge in [-0.1, -0.05) is 12.1 Å². The summed E-state index contributed by atoms with van der Waals surface area (Å²) in [4.78, 5) is 35.3. The van der Waals surface area contributed by atoms with Crippen LogP contribution in [0.3, 0.4) is 0 Å². The van der Waals surface area contributed by atoms with Crippen LogP contribution in [0.15, 0.2) is 24.3 Å². The summed E-state index contributed by atoms with van der Waals surface area (Å²) in [7, 11) is 0. The molecule has 1 aliphatic heterocycles. The zero-order chi connectivity index (χ0) is 15.6. The topological polar surface area (TPSA) is 115 Å². The fraction of sp³-hybridized carbons (Fsp3) is 0.357. The highest BCUT2D eigenvalue weighted by atomic mass is 16.4. The number of carbonyl (C=O) groups excluding carboxylic acids is 1. The average molecular weight is 293 g/mol. The third kappa shape index (κ3) is 3.31. The SMILES string of the molecule is O=C(O)C1CC(=O)N([C@@H](Cc2cccc(O)c2)C(=O)O)C1. The van der Waals surface area contributed by atoms with Crippen LogP contribution in [0.1, 0.15) is 12.0 Å². The van der Waals surface area contributed by atoms with Gasteiger partial charge in [0.05, 0.1) is 5.92 Å². The van der Waals surface area contributed by atoms with Crippen LogP contribution >= 0.6 is 0 Å². The molecule has 0 bridgehead atoms. The molecule has 0 spiro atoms. The molecule has 7 nitrogen and oxygen atoms in total. The number of likely N-dealkylation sites (tertiary alicyclic amines) is 1. The van der Waals surface area contributed by atoms with E-state index >= 15 is 0 Å². The van der Waals surface area contributed by atoms with Gasteiger partial charge in [-0.2, -0.15) is 0 Å². The molecule has 112 valence electrons. The van der Waals surface area contributed by atoms with Crippen molar-refractivity contribution in [3.8, 4) is 5.75 Å². The van der Waals surface area contributed by atoms with Gasteiger partial charge < -0.3 is 20.2 Å². The van der Waals surface area contributed by atoms with Crippen LogP contribution < -0.4 is 0 Å². The van der Waals surface area contributed by atoms with Gasteiger partial charge in [0.15, 0.2) is 0 Å². The standard InChI is InChI=1S/C14H15NO6/c16-10-3-1-2-8(4-10)5-11(14(20)21)15-7-9(13(18)19)6-12(15)17/h1-4,9,11,16H,5-7H2,(H,18,19)(H,20,21)/t9?,11-/m0/s1. The van der Waals surface area contributed by atoms with Gasteiger partial charge in [0.1, 0.15) is 11.8 Å². The molecule has 2 rings (SSSR count). The van der Waals surface area contributed by atoms with Crippen LogP contribution in [-0.2, 0) is 20.8 Å². The maximum atomic E-state index is 11.8. The first-order valence-corrected chi connectivity index (χ1v) is 6.41. The minimum Gasteiger partial charge on any atom is -0.508 e. The van der Waals surface area contributed by atoms with Crippen molar-refractivity contribution in [2.45, 2.75) is 18.9 Å². The van der Waals surface area contributed by atoms with Gasteiger partial charge in [-0.05, 0) is 17.7 Å². The predicted octanol–water partition coefficient (Wildman–Crippen LogP) is 0.321. The highest BCUT2D eigenvalue weighted by molar-refractivity contribution is 5.89. The lowest BCUT2D eigenvalue weighted by atomic mass is 10.0. The Bertz CT molecular complexity index is 585. The molecule has 21 heavy (non-hydrogen) atoms. The van der Waals surface area contributed by atoms with Crippen molar-refractivity contribution in [2.75, 3.05) is 6.54 Å². The fourth-order valence-corrected chi connectivity index (χ4v) is 2.44. The number of carboxylic acid groups (broad SMARTS) is 2. The van der Waals surface area contributed by atoms with Crippen molar-refractivity contribution >= 4 is 17.8 Å². The molecule has 2 atom stereocenters. The molecule has 1 amide bonds. The highest BCUT2D eigenvalue weighted by Crippen LogP contribution is 2.23. The van der Waals surface area contributed by atoms with Gasteiger partial charge in [-0.25, -0.2) is 4.79 Å². The number of hydrogen-bond acceptors (Lipinski definition) is 4. The molecule has 3 N–H and O–H groups in total. The third-order valence-electron chi connectivity index (χ3n) is 3.51. The zero-order valence-electron chi connectivity index (χ0n) is 11.1. The second-order valence-electron chi connectivity index (χ2n) is 5.01. The Morgan fingerprint density at radius 1 is 1.33 bits per heavy atom. The van der Waals surface area contributed by atoms with E-state index in [4.69, 9.17) is 5.11 Å². The van der Waals surface area contributed by atoms with Gasteiger partial charge in [0.2, 0.25) is 5.91 Å². The number of benzene rings is 1. The van der Waals surface area contributed by atoms with Crippen LogP contribution in [0.25, 0.3) is 0 Å². The number of nitrogens with zero attached hydrogens (tertiary/aromatic N) is 1. The molecule has 7 heteroatoms. The maximum Gasteiger partial charge on any atom is 0.326 e. The van der Waals surface area contributed by atoms with Crippen LogP contribution in [0, 0.1) is 5.92 Å². The fourth-order valence-electron chi connectivity index (χ4n) is 2.44. The van der Waals surface area contributed by atoms with E-state index in [9.17, 15) is 24.6 Å². The van der Waals surface area contributed by atoms with Gasteiger partial charge in [0.25, 0.3) is 0 Å². The molecule has 1 aromatic rings. The number of phenolic OH excluding ortho intramolecular Hbond substituents is 1. The Balaban J connectivity index is 2.18. The van der Waals surface area contributed by atoms with Crippen molar-refractivity contribution in [1.29, 1.82) is 0 Å². The molecule has 0 aliphatic carbocycles. The Labute approximate surface area is 120 Å². The summed E-state index contributed by atoms with van der Waals surface area (Å²) in [6, 6.07) is 4.97. The number of rotatable bonds is 5. The maximum absolute atomic E-state index is 11.8. The average Bonchev–Trinajstić information content (AvgIpc) is 2.78. The van der Waals surface area contributed by atoms with E-state index in [1.165, 1.54) is 12.1 Å². The summed E-state index contributed by atoms with van der Waals surface area (Å²) in [6.45, 7) is -0.107. The summed E-state index contributed by atoms with van der Waals surface area (Å²) in [6.07, 6.45) is -0.166. The molecule has 0 saturated carbocycles. The molecular weight excluding hydrogens is 278 g/mol. The normalized spacial score (nSPS) is 19.5. The Morgan fingerprint density at radius 3 is 2.57 bits per heavy atom. The van der Waals surface area contributed by atoms with E-state index in [1.54, 1.807) is 12.1 Å². The first-order valence-electron chi connectivity index (χ1n) is 6.41. The lowest BCUT2D eigenvalue weighted by molar-refractivity contribution is -0.148. The number of carboxylic acids is 2. The summed E-state index contributed by atoms with van der Waals surface area (Å²) in [5, 5.41) is 27.6. The minimum atomic E-state index is -1.20. The summed E-state index contributed by atoms with van der Waals surface area (Å²) in [5.41, 5.74) is 0.564. The van der Waals surface area contributed by atoms with E-state index in [2.05, 4.69) is 0 Å². The van der Waals surface area contributed by atoms with Crippen LogP contribution in [0.4, 0.5) is 0 Å². The van der Waals surface area contributed by atoms with Crippen LogP contribution in [0.2, 0.25) is 0 Å². The Hall–Kier alpha value is -2.57. The second kappa shape index (κ2) is 5.82. The molecule has 0 radical (unpaired) electrons. The summed E-state index contributed by atoms with van der Waals surface area (Å²) in [5.74, 6) is -3.64.